The van der Waals surface area contributed by atoms with Crippen molar-refractivity contribution in [1.82, 2.24) is 4.90 Å². The van der Waals surface area contributed by atoms with E-state index in [1.165, 1.54) is 11.1 Å². The van der Waals surface area contributed by atoms with Crippen LogP contribution in [0, 0.1) is 6.92 Å². The van der Waals surface area contributed by atoms with Gasteiger partial charge in [0.2, 0.25) is 5.91 Å². The van der Waals surface area contributed by atoms with Crippen LogP contribution in [0.1, 0.15) is 29.9 Å². The van der Waals surface area contributed by atoms with E-state index in [-0.39, 0.29) is 5.91 Å². The van der Waals surface area contributed by atoms with Crippen LogP contribution in [0.2, 0.25) is 0 Å². The summed E-state index contributed by atoms with van der Waals surface area (Å²) in [6, 6.07) is 13.6. The van der Waals surface area contributed by atoms with E-state index in [4.69, 9.17) is 0 Å². The summed E-state index contributed by atoms with van der Waals surface area (Å²) >= 11 is 5.09. The SMILES string of the molecule is Cc1cc(Br)ccc1SCC(=O)N1CCC(c2ccc(O)cc2)CC1. The number of hydrogen-bond acceptors (Lipinski definition) is 3. The van der Waals surface area contributed by atoms with Crippen LogP contribution < -0.4 is 0 Å². The van der Waals surface area contributed by atoms with E-state index >= 15 is 0 Å². The molecule has 0 radical (unpaired) electrons. The Bertz CT molecular complexity index is 740. The van der Waals surface area contributed by atoms with Crippen LogP contribution >= 0.6 is 27.7 Å². The highest BCUT2D eigenvalue weighted by atomic mass is 79.9. The first-order valence-corrected chi connectivity index (χ1v) is 10.3. The predicted molar refractivity (Wildman–Crippen MR) is 106 cm³/mol. The molecule has 1 aliphatic heterocycles. The maximum atomic E-state index is 12.5. The predicted octanol–water partition coefficient (Wildman–Crippen LogP) is 4.96. The third-order valence-electron chi connectivity index (χ3n) is 4.70. The number of rotatable bonds is 4. The normalized spacial score (nSPS) is 15.4. The van der Waals surface area contributed by atoms with Gasteiger partial charge in [-0.25, -0.2) is 0 Å². The maximum absolute atomic E-state index is 12.5. The molecule has 0 unspecified atom stereocenters. The first-order valence-electron chi connectivity index (χ1n) is 8.48. The molecule has 1 aliphatic rings. The van der Waals surface area contributed by atoms with Gasteiger partial charge in [0.05, 0.1) is 5.75 Å². The average Bonchev–Trinajstić information content (AvgIpc) is 2.61. The Morgan fingerprint density at radius 1 is 1.20 bits per heavy atom. The monoisotopic (exact) mass is 419 g/mol. The number of likely N-dealkylation sites (tertiary alicyclic amines) is 1. The molecule has 3 nitrogen and oxygen atoms in total. The molecule has 1 N–H and O–H groups in total. The summed E-state index contributed by atoms with van der Waals surface area (Å²) in [6.07, 6.45) is 1.97. The fourth-order valence-electron chi connectivity index (χ4n) is 3.21. The molecular formula is C20H22BrNO2S. The molecule has 3 rings (SSSR count). The molecule has 0 spiro atoms. The van der Waals surface area contributed by atoms with Crippen molar-refractivity contribution >= 4 is 33.6 Å². The number of carbonyl (C=O) groups excluding carboxylic acids is 1. The molecule has 1 saturated heterocycles. The van der Waals surface area contributed by atoms with Gasteiger partial charge in [0.25, 0.3) is 0 Å². The van der Waals surface area contributed by atoms with Gasteiger partial charge in [-0.1, -0.05) is 28.1 Å². The zero-order valence-corrected chi connectivity index (χ0v) is 16.6. The smallest absolute Gasteiger partial charge is 0.232 e. The molecular weight excluding hydrogens is 398 g/mol. The number of halogens is 1. The van der Waals surface area contributed by atoms with E-state index in [1.807, 2.05) is 23.1 Å². The highest BCUT2D eigenvalue weighted by molar-refractivity contribution is 9.10. The zero-order chi connectivity index (χ0) is 17.8. The van der Waals surface area contributed by atoms with Crippen molar-refractivity contribution in [2.75, 3.05) is 18.8 Å². The van der Waals surface area contributed by atoms with E-state index in [0.29, 0.717) is 17.4 Å². The fraction of sp³-hybridized carbons (Fsp3) is 0.350. The van der Waals surface area contributed by atoms with Crippen LogP contribution in [0.25, 0.3) is 0 Å². The topological polar surface area (TPSA) is 40.5 Å². The Labute approximate surface area is 161 Å². The summed E-state index contributed by atoms with van der Waals surface area (Å²) in [6.45, 7) is 3.69. The van der Waals surface area contributed by atoms with Crippen LogP contribution in [0.4, 0.5) is 0 Å². The number of aryl methyl sites for hydroxylation is 1. The Hall–Kier alpha value is -1.46. The summed E-state index contributed by atoms with van der Waals surface area (Å²) in [5, 5.41) is 9.40. The number of nitrogens with zero attached hydrogens (tertiary/aromatic N) is 1. The fourth-order valence-corrected chi connectivity index (χ4v) is 4.60. The average molecular weight is 420 g/mol. The van der Waals surface area contributed by atoms with Crippen LogP contribution in [-0.4, -0.2) is 34.8 Å². The van der Waals surface area contributed by atoms with Gasteiger partial charge in [-0.3, -0.25) is 4.79 Å². The lowest BCUT2D eigenvalue weighted by Crippen LogP contribution is -2.38. The molecule has 1 amide bonds. The number of carbonyl (C=O) groups is 1. The summed E-state index contributed by atoms with van der Waals surface area (Å²) < 4.78 is 1.07. The Balaban J connectivity index is 1.50. The van der Waals surface area contributed by atoms with Gasteiger partial charge in [0, 0.05) is 22.5 Å². The molecule has 1 fully saturated rings. The van der Waals surface area contributed by atoms with Crippen molar-refractivity contribution in [2.45, 2.75) is 30.6 Å². The van der Waals surface area contributed by atoms with E-state index in [0.717, 1.165) is 35.3 Å². The number of phenols is 1. The van der Waals surface area contributed by atoms with Gasteiger partial charge >= 0.3 is 0 Å². The van der Waals surface area contributed by atoms with Gasteiger partial charge in [0.15, 0.2) is 0 Å². The molecule has 0 atom stereocenters. The lowest BCUT2D eigenvalue weighted by molar-refractivity contribution is -0.129. The summed E-state index contributed by atoms with van der Waals surface area (Å²) in [7, 11) is 0. The molecule has 2 aromatic rings. The van der Waals surface area contributed by atoms with Crippen molar-refractivity contribution in [3.8, 4) is 5.75 Å². The molecule has 0 bridgehead atoms. The zero-order valence-electron chi connectivity index (χ0n) is 14.2. The molecule has 1 heterocycles. The van der Waals surface area contributed by atoms with Gasteiger partial charge in [0.1, 0.15) is 5.75 Å². The first-order chi connectivity index (χ1) is 12.0. The first kappa shape index (κ1) is 18.3. The minimum absolute atomic E-state index is 0.219. The number of phenolic OH excluding ortho intramolecular Hbond substituents is 1. The van der Waals surface area contributed by atoms with Crippen LogP contribution in [0.3, 0.4) is 0 Å². The molecule has 132 valence electrons. The second-order valence-corrected chi connectivity index (χ2v) is 8.38. The van der Waals surface area contributed by atoms with Crippen molar-refractivity contribution in [1.29, 1.82) is 0 Å². The second kappa shape index (κ2) is 8.28. The quantitative estimate of drug-likeness (QED) is 0.711. The number of benzene rings is 2. The highest BCUT2D eigenvalue weighted by Gasteiger charge is 2.23. The van der Waals surface area contributed by atoms with Gasteiger partial charge < -0.3 is 10.0 Å². The van der Waals surface area contributed by atoms with Crippen molar-refractivity contribution < 1.29 is 9.90 Å². The number of hydrogen-bond donors (Lipinski definition) is 1. The number of aromatic hydroxyl groups is 1. The minimum Gasteiger partial charge on any atom is -0.508 e. The Kier molecular flexibility index (Phi) is 6.07. The largest absolute Gasteiger partial charge is 0.508 e. The standard InChI is InChI=1S/C20H22BrNO2S/c1-14-12-17(21)4-7-19(14)25-13-20(24)22-10-8-16(9-11-22)15-2-5-18(23)6-3-15/h2-7,12,16,23H,8-11,13H2,1H3. The van der Waals surface area contributed by atoms with Crippen LogP contribution in [0.5, 0.6) is 5.75 Å². The highest BCUT2D eigenvalue weighted by Crippen LogP contribution is 2.30. The van der Waals surface area contributed by atoms with E-state index in [2.05, 4.69) is 35.0 Å². The minimum atomic E-state index is 0.219. The molecule has 2 aromatic carbocycles. The van der Waals surface area contributed by atoms with Gasteiger partial charge in [-0.05, 0) is 67.1 Å². The molecule has 0 aliphatic carbocycles. The van der Waals surface area contributed by atoms with Gasteiger partial charge in [-0.2, -0.15) is 0 Å². The molecule has 0 aromatic heterocycles. The second-order valence-electron chi connectivity index (χ2n) is 6.45. The number of thioether (sulfide) groups is 1. The number of piperidine rings is 1. The van der Waals surface area contributed by atoms with Crippen molar-refractivity contribution in [2.24, 2.45) is 0 Å². The maximum Gasteiger partial charge on any atom is 0.232 e. The lowest BCUT2D eigenvalue weighted by Gasteiger charge is -2.32. The van der Waals surface area contributed by atoms with E-state index in [9.17, 15) is 9.90 Å². The molecule has 25 heavy (non-hydrogen) atoms. The lowest BCUT2D eigenvalue weighted by atomic mass is 9.89. The van der Waals surface area contributed by atoms with E-state index in [1.54, 1.807) is 23.9 Å². The molecule has 5 heteroatoms. The van der Waals surface area contributed by atoms with Crippen LogP contribution in [-0.2, 0) is 4.79 Å². The summed E-state index contributed by atoms with van der Waals surface area (Å²) in [5.74, 6) is 1.49. The van der Waals surface area contributed by atoms with E-state index < -0.39 is 0 Å². The van der Waals surface area contributed by atoms with Crippen LogP contribution in [0.15, 0.2) is 51.8 Å². The van der Waals surface area contributed by atoms with Crippen molar-refractivity contribution in [3.05, 3.63) is 58.1 Å². The van der Waals surface area contributed by atoms with Crippen molar-refractivity contribution in [3.63, 3.8) is 0 Å². The molecule has 0 saturated carbocycles. The Morgan fingerprint density at radius 2 is 1.88 bits per heavy atom. The number of amides is 1. The summed E-state index contributed by atoms with van der Waals surface area (Å²) in [5.41, 5.74) is 2.45. The Morgan fingerprint density at radius 3 is 2.52 bits per heavy atom. The summed E-state index contributed by atoms with van der Waals surface area (Å²) in [4.78, 5) is 15.6. The van der Waals surface area contributed by atoms with Gasteiger partial charge in [-0.15, -0.1) is 11.8 Å². The third kappa shape index (κ3) is 4.79. The third-order valence-corrected chi connectivity index (χ3v) is 6.35.